The van der Waals surface area contributed by atoms with Crippen LogP contribution in [0.1, 0.15) is 0 Å². The van der Waals surface area contributed by atoms with Gasteiger partial charge in [-0.25, -0.2) is 4.98 Å². The number of nitrogens with zero attached hydrogens (tertiary/aromatic N) is 3. The lowest BCUT2D eigenvalue weighted by atomic mass is 10.2. The summed E-state index contributed by atoms with van der Waals surface area (Å²) in [6.45, 7) is 0. The Morgan fingerprint density at radius 3 is 2.57 bits per heavy atom. The second kappa shape index (κ2) is 5.52. The fraction of sp³-hybridized carbons (Fsp3) is 0. The molecule has 0 bridgehead atoms. The van der Waals surface area contributed by atoms with Gasteiger partial charge in [0, 0.05) is 11.2 Å². The summed E-state index contributed by atoms with van der Waals surface area (Å²) in [6, 6.07) is 6.09. The van der Waals surface area contributed by atoms with E-state index in [-0.39, 0.29) is 17.5 Å². The molecule has 3 aromatic rings. The summed E-state index contributed by atoms with van der Waals surface area (Å²) < 4.78 is 5.12. The second-order valence-corrected chi connectivity index (χ2v) is 5.35. The van der Waals surface area contributed by atoms with Gasteiger partial charge < -0.3 is 9.63 Å². The molecule has 0 aliphatic carbocycles. The van der Waals surface area contributed by atoms with E-state index in [4.69, 9.17) is 39.3 Å². The first-order valence-electron chi connectivity index (χ1n) is 5.68. The second-order valence-electron chi connectivity index (χ2n) is 4.07. The van der Waals surface area contributed by atoms with E-state index in [0.29, 0.717) is 26.3 Å². The molecule has 0 unspecified atom stereocenters. The number of rotatable bonds is 2. The van der Waals surface area contributed by atoms with E-state index in [1.165, 1.54) is 18.3 Å². The first-order valence-corrected chi connectivity index (χ1v) is 6.82. The smallest absolute Gasteiger partial charge is 0.262 e. The Bertz CT molecular complexity index is 754. The van der Waals surface area contributed by atoms with Crippen molar-refractivity contribution in [3.8, 4) is 28.7 Å². The number of aromatic hydroxyl groups is 1. The molecule has 1 aromatic carbocycles. The number of phenols is 1. The highest BCUT2D eigenvalue weighted by molar-refractivity contribution is 6.35. The van der Waals surface area contributed by atoms with Crippen LogP contribution in [0.15, 0.2) is 35.0 Å². The minimum Gasteiger partial charge on any atom is -0.507 e. The Labute approximate surface area is 134 Å². The van der Waals surface area contributed by atoms with Crippen LogP contribution in [0.25, 0.3) is 23.0 Å². The Kier molecular flexibility index (Phi) is 3.71. The average Bonchev–Trinajstić information content (AvgIpc) is 2.87. The van der Waals surface area contributed by atoms with Crippen molar-refractivity contribution in [2.45, 2.75) is 0 Å². The van der Waals surface area contributed by atoms with Crippen molar-refractivity contribution < 1.29 is 9.63 Å². The zero-order chi connectivity index (χ0) is 15.0. The first kappa shape index (κ1) is 14.1. The van der Waals surface area contributed by atoms with Gasteiger partial charge in [0.2, 0.25) is 5.82 Å². The first-order chi connectivity index (χ1) is 10.0. The van der Waals surface area contributed by atoms with Gasteiger partial charge >= 0.3 is 0 Å². The van der Waals surface area contributed by atoms with Crippen LogP contribution in [-0.4, -0.2) is 20.2 Å². The number of aromatic nitrogens is 3. The molecule has 1 N–H and O–H groups in total. The van der Waals surface area contributed by atoms with E-state index in [1.54, 1.807) is 12.1 Å². The largest absolute Gasteiger partial charge is 0.507 e. The summed E-state index contributed by atoms with van der Waals surface area (Å²) in [4.78, 5) is 8.22. The van der Waals surface area contributed by atoms with E-state index >= 15 is 0 Å². The average molecular weight is 343 g/mol. The number of phenolic OH excluding ortho intramolecular Hbond substituents is 1. The van der Waals surface area contributed by atoms with Crippen LogP contribution in [0.3, 0.4) is 0 Å². The molecule has 0 fully saturated rings. The minimum absolute atomic E-state index is 0.0622. The maximum absolute atomic E-state index is 9.84. The Morgan fingerprint density at radius 1 is 1.05 bits per heavy atom. The van der Waals surface area contributed by atoms with Crippen molar-refractivity contribution in [2.24, 2.45) is 0 Å². The van der Waals surface area contributed by atoms with Crippen LogP contribution >= 0.6 is 34.8 Å². The lowest BCUT2D eigenvalue weighted by Gasteiger charge is -1.99. The number of benzene rings is 1. The zero-order valence-electron chi connectivity index (χ0n) is 10.2. The van der Waals surface area contributed by atoms with Gasteiger partial charge in [0.1, 0.15) is 11.4 Å². The van der Waals surface area contributed by atoms with Gasteiger partial charge in [0.05, 0.1) is 15.6 Å². The van der Waals surface area contributed by atoms with E-state index in [0.717, 1.165) is 0 Å². The minimum atomic E-state index is -0.0622. The Morgan fingerprint density at radius 2 is 1.86 bits per heavy atom. The van der Waals surface area contributed by atoms with Crippen molar-refractivity contribution >= 4 is 34.8 Å². The van der Waals surface area contributed by atoms with Gasteiger partial charge in [-0.2, -0.15) is 4.98 Å². The molecule has 5 nitrogen and oxygen atoms in total. The van der Waals surface area contributed by atoms with Gasteiger partial charge in [-0.3, -0.25) is 0 Å². The van der Waals surface area contributed by atoms with Crippen molar-refractivity contribution in [1.82, 2.24) is 15.1 Å². The molecule has 0 spiro atoms. The lowest BCUT2D eigenvalue weighted by molar-refractivity contribution is 0.425. The molecule has 0 saturated carbocycles. The van der Waals surface area contributed by atoms with Crippen molar-refractivity contribution in [3.05, 3.63) is 45.5 Å². The summed E-state index contributed by atoms with van der Waals surface area (Å²) in [7, 11) is 0. The monoisotopic (exact) mass is 341 g/mol. The molecule has 8 heteroatoms. The van der Waals surface area contributed by atoms with Gasteiger partial charge in [-0.05, 0) is 24.3 Å². The summed E-state index contributed by atoms with van der Waals surface area (Å²) in [5.74, 6) is 0.265. The standard InChI is InChI=1S/C13H6Cl3N3O2/c14-6-1-2-8(10(20)4-6)13-18-12(19-21-13)11-9(16)3-7(15)5-17-11/h1-5,20H. The summed E-state index contributed by atoms with van der Waals surface area (Å²) in [5, 5.41) is 14.7. The molecule has 0 aliphatic heterocycles. The number of pyridine rings is 1. The van der Waals surface area contributed by atoms with Crippen LogP contribution in [-0.2, 0) is 0 Å². The number of hydrogen-bond acceptors (Lipinski definition) is 5. The number of hydrogen-bond donors (Lipinski definition) is 1. The van der Waals surface area contributed by atoms with Crippen molar-refractivity contribution in [2.75, 3.05) is 0 Å². The highest BCUT2D eigenvalue weighted by atomic mass is 35.5. The topological polar surface area (TPSA) is 72.0 Å². The predicted molar refractivity (Wildman–Crippen MR) is 79.7 cm³/mol. The van der Waals surface area contributed by atoms with Crippen LogP contribution < -0.4 is 0 Å². The predicted octanol–water partition coefficient (Wildman–Crippen LogP) is 4.46. The molecule has 0 atom stereocenters. The van der Waals surface area contributed by atoms with Crippen LogP contribution in [0, 0.1) is 0 Å². The normalized spacial score (nSPS) is 10.8. The quantitative estimate of drug-likeness (QED) is 0.744. The summed E-state index contributed by atoms with van der Waals surface area (Å²) in [5.41, 5.74) is 0.702. The fourth-order valence-corrected chi connectivity index (χ4v) is 2.32. The van der Waals surface area contributed by atoms with E-state index in [1.807, 2.05) is 0 Å². The molecule has 2 aromatic heterocycles. The molecule has 106 valence electrons. The third-order valence-electron chi connectivity index (χ3n) is 2.64. The molecule has 0 radical (unpaired) electrons. The highest BCUT2D eigenvalue weighted by Gasteiger charge is 2.17. The molecular formula is C13H6Cl3N3O2. The van der Waals surface area contributed by atoms with Crippen LogP contribution in [0.2, 0.25) is 15.1 Å². The molecule has 0 amide bonds. The fourth-order valence-electron chi connectivity index (χ4n) is 1.69. The maximum Gasteiger partial charge on any atom is 0.262 e. The van der Waals surface area contributed by atoms with E-state index in [9.17, 15) is 5.11 Å². The Hall–Kier alpha value is -1.82. The van der Waals surface area contributed by atoms with Crippen molar-refractivity contribution in [3.63, 3.8) is 0 Å². The lowest BCUT2D eigenvalue weighted by Crippen LogP contribution is -1.87. The summed E-state index contributed by atoms with van der Waals surface area (Å²) in [6.07, 6.45) is 1.43. The zero-order valence-corrected chi connectivity index (χ0v) is 12.5. The SMILES string of the molecule is Oc1cc(Cl)ccc1-c1nc(-c2ncc(Cl)cc2Cl)no1. The van der Waals surface area contributed by atoms with Crippen LogP contribution in [0.5, 0.6) is 5.75 Å². The van der Waals surface area contributed by atoms with Gasteiger partial charge in [-0.1, -0.05) is 40.0 Å². The molecular weight excluding hydrogens is 337 g/mol. The van der Waals surface area contributed by atoms with Crippen molar-refractivity contribution in [1.29, 1.82) is 0 Å². The van der Waals surface area contributed by atoms with Gasteiger partial charge in [-0.15, -0.1) is 0 Å². The van der Waals surface area contributed by atoms with E-state index < -0.39 is 0 Å². The highest BCUT2D eigenvalue weighted by Crippen LogP contribution is 2.32. The molecule has 0 aliphatic rings. The number of halogens is 3. The molecule has 21 heavy (non-hydrogen) atoms. The third kappa shape index (κ3) is 2.81. The Balaban J connectivity index is 2.03. The molecule has 0 saturated heterocycles. The van der Waals surface area contributed by atoms with Gasteiger partial charge in [0.15, 0.2) is 0 Å². The van der Waals surface area contributed by atoms with Crippen LogP contribution in [0.4, 0.5) is 0 Å². The third-order valence-corrected chi connectivity index (χ3v) is 3.37. The molecule has 3 rings (SSSR count). The van der Waals surface area contributed by atoms with Gasteiger partial charge in [0.25, 0.3) is 5.89 Å². The summed E-state index contributed by atoms with van der Waals surface area (Å²) >= 11 is 17.6. The molecule has 2 heterocycles. The van der Waals surface area contributed by atoms with E-state index in [2.05, 4.69) is 15.1 Å². The maximum atomic E-state index is 9.84.